The molecule has 0 aliphatic carbocycles. The average Bonchev–Trinajstić information content (AvgIpc) is 3.41. The van der Waals surface area contributed by atoms with E-state index in [4.69, 9.17) is 14.6 Å². The molecule has 0 saturated heterocycles. The molecule has 0 amide bonds. The van der Waals surface area contributed by atoms with Crippen molar-refractivity contribution in [3.8, 4) is 0 Å². The third kappa shape index (κ3) is 6.06. The van der Waals surface area contributed by atoms with Gasteiger partial charge in [-0.3, -0.25) is 0 Å². The number of nitrogens with zero attached hydrogens (tertiary/aromatic N) is 2. The number of benzene rings is 3. The van der Waals surface area contributed by atoms with Gasteiger partial charge in [0.2, 0.25) is 5.71 Å². The Balaban J connectivity index is 1.79. The van der Waals surface area contributed by atoms with Crippen molar-refractivity contribution in [1.29, 1.82) is 0 Å². The van der Waals surface area contributed by atoms with E-state index in [1.807, 2.05) is 54.6 Å². The van der Waals surface area contributed by atoms with Gasteiger partial charge in [-0.05, 0) is 30.0 Å². The van der Waals surface area contributed by atoms with Crippen LogP contribution in [0.2, 0.25) is 0 Å². The second-order valence-electron chi connectivity index (χ2n) is 8.36. The maximum Gasteiger partial charge on any atom is 0.362 e. The Labute approximate surface area is 222 Å². The Morgan fingerprint density at radius 1 is 0.892 bits per heavy atom. The van der Waals surface area contributed by atoms with Crippen LogP contribution in [0.3, 0.4) is 0 Å². The first kappa shape index (κ1) is 26.1. The molecule has 1 aromatic heterocycles. The van der Waals surface area contributed by atoms with Crippen molar-refractivity contribution in [1.82, 2.24) is 4.98 Å². The number of hydrogen-bond donors (Lipinski definition) is 1. The van der Waals surface area contributed by atoms with Gasteiger partial charge in [0.1, 0.15) is 17.8 Å². The Morgan fingerprint density at radius 3 is 1.92 bits per heavy atom. The molecule has 0 radical (unpaired) electrons. The minimum Gasteiger partial charge on any atom is -0.461 e. The molecule has 4 rings (SSSR count). The third-order valence-electron chi connectivity index (χ3n) is 5.88. The second-order valence-corrected chi connectivity index (χ2v) is 9.22. The number of carbonyl (C=O) groups excluding carboxylic acids is 1. The van der Waals surface area contributed by atoms with Crippen LogP contribution < -0.4 is 5.32 Å². The lowest BCUT2D eigenvalue weighted by Gasteiger charge is -2.36. The van der Waals surface area contributed by atoms with Crippen molar-refractivity contribution in [3.05, 3.63) is 119 Å². The third-order valence-corrected chi connectivity index (χ3v) is 6.63. The first-order chi connectivity index (χ1) is 18.2. The maximum atomic E-state index is 12.7. The molecule has 0 bridgehead atoms. The number of esters is 1. The van der Waals surface area contributed by atoms with Gasteiger partial charge in [0.05, 0.1) is 6.61 Å². The van der Waals surface area contributed by atoms with E-state index in [0.717, 1.165) is 29.5 Å². The van der Waals surface area contributed by atoms with Crippen LogP contribution >= 0.6 is 11.3 Å². The van der Waals surface area contributed by atoms with Crippen LogP contribution in [0.5, 0.6) is 0 Å². The molecule has 0 unspecified atom stereocenters. The molecule has 4 aromatic rings. The molecular weight excluding hydrogens is 482 g/mol. The van der Waals surface area contributed by atoms with Crippen LogP contribution in [0.25, 0.3) is 0 Å². The molecule has 37 heavy (non-hydrogen) atoms. The molecule has 1 N–H and O–H groups in total. The van der Waals surface area contributed by atoms with Gasteiger partial charge in [-0.25, -0.2) is 9.78 Å². The molecule has 1 heterocycles. The van der Waals surface area contributed by atoms with E-state index >= 15 is 0 Å². The molecule has 0 aliphatic heterocycles. The van der Waals surface area contributed by atoms with Crippen LogP contribution in [0.15, 0.2) is 102 Å². The molecule has 0 saturated carbocycles. The number of carbonyl (C=O) groups is 1. The fraction of sp³-hybridized carbons (Fsp3) is 0.233. The predicted octanol–water partition coefficient (Wildman–Crippen LogP) is 6.63. The first-order valence-corrected chi connectivity index (χ1v) is 13.3. The SMILES string of the molecule is CCCCO/N=C(\C(=O)OCC)c1csc(NC(c2ccccc2)(c2ccccc2)c2ccccc2)n1. The number of thiazole rings is 1. The maximum absolute atomic E-state index is 12.7. The molecule has 0 aliphatic rings. The fourth-order valence-corrected chi connectivity index (χ4v) is 4.84. The first-order valence-electron chi connectivity index (χ1n) is 12.5. The summed E-state index contributed by atoms with van der Waals surface area (Å²) in [5.74, 6) is -0.559. The quantitative estimate of drug-likeness (QED) is 0.0757. The van der Waals surface area contributed by atoms with E-state index in [1.54, 1.807) is 12.3 Å². The zero-order valence-corrected chi connectivity index (χ0v) is 21.9. The van der Waals surface area contributed by atoms with Crippen LogP contribution in [0, 0.1) is 0 Å². The van der Waals surface area contributed by atoms with E-state index < -0.39 is 11.5 Å². The number of ether oxygens (including phenoxy) is 1. The van der Waals surface area contributed by atoms with Gasteiger partial charge in [0.15, 0.2) is 5.13 Å². The zero-order chi connectivity index (χ0) is 25.9. The number of aromatic nitrogens is 1. The standard InChI is InChI=1S/C30H31N3O3S/c1-3-5-21-36-33-27(28(34)35-4-2)26-22-37-29(31-26)32-30(23-15-9-6-10-16-23,24-17-11-7-12-18-24)25-19-13-8-14-20-25/h6-20,22H,3-5,21H2,1-2H3,(H,31,32)/b33-27-. The summed E-state index contributed by atoms with van der Waals surface area (Å²) in [6.07, 6.45) is 1.81. The van der Waals surface area contributed by atoms with E-state index in [1.165, 1.54) is 11.3 Å². The van der Waals surface area contributed by atoms with E-state index in [0.29, 0.717) is 17.4 Å². The number of anilines is 1. The number of oxime groups is 1. The average molecular weight is 514 g/mol. The smallest absolute Gasteiger partial charge is 0.362 e. The van der Waals surface area contributed by atoms with Crippen LogP contribution in [0.4, 0.5) is 5.13 Å². The van der Waals surface area contributed by atoms with E-state index in [-0.39, 0.29) is 12.3 Å². The summed E-state index contributed by atoms with van der Waals surface area (Å²) in [5.41, 5.74) is 2.93. The van der Waals surface area contributed by atoms with Gasteiger partial charge in [-0.15, -0.1) is 11.3 Å². The highest BCUT2D eigenvalue weighted by Crippen LogP contribution is 2.40. The normalized spacial score (nSPS) is 11.7. The lowest BCUT2D eigenvalue weighted by Crippen LogP contribution is -2.38. The van der Waals surface area contributed by atoms with Gasteiger partial charge in [0.25, 0.3) is 0 Å². The number of nitrogens with one attached hydrogen (secondary N) is 1. The molecule has 7 heteroatoms. The van der Waals surface area contributed by atoms with Gasteiger partial charge in [-0.2, -0.15) is 0 Å². The van der Waals surface area contributed by atoms with E-state index in [9.17, 15) is 4.79 Å². The van der Waals surface area contributed by atoms with Gasteiger partial charge >= 0.3 is 5.97 Å². The van der Waals surface area contributed by atoms with Crippen molar-refractivity contribution in [3.63, 3.8) is 0 Å². The highest BCUT2D eigenvalue weighted by Gasteiger charge is 2.37. The Hall–Kier alpha value is -3.97. The van der Waals surface area contributed by atoms with Crippen LogP contribution in [0.1, 0.15) is 49.1 Å². The largest absolute Gasteiger partial charge is 0.461 e. The summed E-state index contributed by atoms with van der Waals surface area (Å²) in [6.45, 7) is 4.49. The second kappa shape index (κ2) is 12.8. The number of unbranched alkanes of at least 4 members (excludes halogenated alkanes) is 1. The van der Waals surface area contributed by atoms with Crippen molar-refractivity contribution in [2.24, 2.45) is 5.16 Å². The predicted molar refractivity (Wildman–Crippen MR) is 149 cm³/mol. The summed E-state index contributed by atoms with van der Waals surface area (Å²) < 4.78 is 5.23. The molecule has 0 fully saturated rings. The van der Waals surface area contributed by atoms with Crippen molar-refractivity contribution in [2.75, 3.05) is 18.5 Å². The zero-order valence-electron chi connectivity index (χ0n) is 21.1. The molecule has 0 spiro atoms. The van der Waals surface area contributed by atoms with Gasteiger partial charge in [0, 0.05) is 5.38 Å². The molecule has 6 nitrogen and oxygen atoms in total. The van der Waals surface area contributed by atoms with Crippen molar-refractivity contribution in [2.45, 2.75) is 32.2 Å². The monoisotopic (exact) mass is 513 g/mol. The summed E-state index contributed by atoms with van der Waals surface area (Å²) in [6, 6.07) is 30.8. The molecular formula is C30H31N3O3S. The van der Waals surface area contributed by atoms with Crippen LogP contribution in [-0.4, -0.2) is 29.9 Å². The highest BCUT2D eigenvalue weighted by atomic mass is 32.1. The van der Waals surface area contributed by atoms with Crippen molar-refractivity contribution >= 4 is 28.1 Å². The summed E-state index contributed by atoms with van der Waals surface area (Å²) >= 11 is 1.40. The summed E-state index contributed by atoms with van der Waals surface area (Å²) in [5, 5.41) is 10.3. The Bertz CT molecular complexity index is 1190. The van der Waals surface area contributed by atoms with Crippen molar-refractivity contribution < 1.29 is 14.4 Å². The Kier molecular flexibility index (Phi) is 9.05. The molecule has 190 valence electrons. The summed E-state index contributed by atoms with van der Waals surface area (Å²) in [7, 11) is 0. The Morgan fingerprint density at radius 2 is 1.43 bits per heavy atom. The minimum absolute atomic E-state index is 0.0620. The molecule has 3 aromatic carbocycles. The fourth-order valence-electron chi connectivity index (χ4n) is 4.09. The lowest BCUT2D eigenvalue weighted by molar-refractivity contribution is -0.135. The van der Waals surface area contributed by atoms with Gasteiger partial charge in [-0.1, -0.05) is 109 Å². The van der Waals surface area contributed by atoms with Crippen LogP contribution in [-0.2, 0) is 19.9 Å². The number of rotatable bonds is 12. The van der Waals surface area contributed by atoms with Gasteiger partial charge < -0.3 is 14.9 Å². The minimum atomic E-state index is -0.724. The summed E-state index contributed by atoms with van der Waals surface area (Å²) in [4.78, 5) is 22.9. The molecule has 0 atom stereocenters. The lowest BCUT2D eigenvalue weighted by atomic mass is 9.77. The highest BCUT2D eigenvalue weighted by molar-refractivity contribution is 7.14. The van der Waals surface area contributed by atoms with E-state index in [2.05, 4.69) is 53.8 Å². The number of hydrogen-bond acceptors (Lipinski definition) is 7. The topological polar surface area (TPSA) is 72.8 Å².